The predicted molar refractivity (Wildman–Crippen MR) is 121 cm³/mol. The highest BCUT2D eigenvalue weighted by Crippen LogP contribution is 2.51. The molecule has 0 aliphatic heterocycles. The van der Waals surface area contributed by atoms with Crippen molar-refractivity contribution in [2.24, 2.45) is 0 Å². The van der Waals surface area contributed by atoms with E-state index in [4.69, 9.17) is 4.42 Å². The molecule has 0 saturated heterocycles. The molecule has 2 aromatic carbocycles. The lowest BCUT2D eigenvalue weighted by molar-refractivity contribution is -0.137. The van der Waals surface area contributed by atoms with Crippen LogP contribution >= 0.6 is 0 Å². The molecular weight excluding hydrogens is 469 g/mol. The van der Waals surface area contributed by atoms with Gasteiger partial charge >= 0.3 is 11.8 Å². The molecular formula is C25H23F3O5S. The van der Waals surface area contributed by atoms with Gasteiger partial charge in [0.05, 0.1) is 16.2 Å². The smallest absolute Gasteiger partial charge is 0.416 e. The van der Waals surface area contributed by atoms with Crippen LogP contribution in [0.4, 0.5) is 13.2 Å². The largest absolute Gasteiger partial charge is 0.507 e. The molecule has 0 radical (unpaired) electrons. The van der Waals surface area contributed by atoms with Gasteiger partial charge in [0.2, 0.25) is 0 Å². The van der Waals surface area contributed by atoms with Gasteiger partial charge in [-0.25, -0.2) is 13.2 Å². The first kappa shape index (κ1) is 24.1. The molecule has 1 aliphatic rings. The normalized spacial score (nSPS) is 15.4. The van der Waals surface area contributed by atoms with Gasteiger partial charge in [0, 0.05) is 11.5 Å². The highest BCUT2D eigenvalue weighted by Gasteiger charge is 2.51. The third-order valence-corrected chi connectivity index (χ3v) is 8.16. The molecule has 1 aromatic heterocycles. The number of hydrogen-bond donors (Lipinski definition) is 1. The van der Waals surface area contributed by atoms with Crippen LogP contribution in [0.25, 0.3) is 11.1 Å². The summed E-state index contributed by atoms with van der Waals surface area (Å²) in [6.07, 6.45) is -3.77. The van der Waals surface area contributed by atoms with Crippen molar-refractivity contribution >= 4 is 9.84 Å². The van der Waals surface area contributed by atoms with Crippen molar-refractivity contribution in [3.05, 3.63) is 80.9 Å². The Hall–Kier alpha value is -3.07. The Bertz CT molecular complexity index is 1410. The number of hydrogen-bond acceptors (Lipinski definition) is 5. The van der Waals surface area contributed by atoms with Gasteiger partial charge in [-0.3, -0.25) is 0 Å². The first-order valence-electron chi connectivity index (χ1n) is 10.6. The van der Waals surface area contributed by atoms with E-state index < -0.39 is 38.4 Å². The fourth-order valence-corrected chi connectivity index (χ4v) is 6.33. The standard InChI is InChI=1S/C25H23F3O5S/c1-14-10-15(2)21(16(3)11-14)22-19(29)12-20(33-23(22)30)24(8-9-24)13-34(31,32)18-6-4-17(5-7-18)25(26,27)28/h4-7,10-12,29H,8-9,13H2,1-3H3. The van der Waals surface area contributed by atoms with E-state index in [0.717, 1.165) is 41.0 Å². The average Bonchev–Trinajstić information content (AvgIpc) is 3.48. The van der Waals surface area contributed by atoms with E-state index in [1.54, 1.807) is 0 Å². The molecule has 1 fully saturated rings. The van der Waals surface area contributed by atoms with Crippen molar-refractivity contribution in [3.63, 3.8) is 0 Å². The zero-order chi connectivity index (χ0) is 25.1. The summed E-state index contributed by atoms with van der Waals surface area (Å²) in [5, 5.41) is 10.7. The summed E-state index contributed by atoms with van der Waals surface area (Å²) in [4.78, 5) is 12.7. The van der Waals surface area contributed by atoms with Crippen LogP contribution in [0.5, 0.6) is 5.75 Å². The quantitative estimate of drug-likeness (QED) is 0.511. The van der Waals surface area contributed by atoms with Gasteiger partial charge < -0.3 is 9.52 Å². The molecule has 1 saturated carbocycles. The monoisotopic (exact) mass is 492 g/mol. The Balaban J connectivity index is 1.69. The molecule has 1 N–H and O–H groups in total. The molecule has 3 aromatic rings. The molecule has 5 nitrogen and oxygen atoms in total. The highest BCUT2D eigenvalue weighted by atomic mass is 32.2. The predicted octanol–water partition coefficient (Wildman–Crippen LogP) is 5.46. The van der Waals surface area contributed by atoms with Crippen molar-refractivity contribution in [2.75, 3.05) is 5.75 Å². The van der Waals surface area contributed by atoms with Gasteiger partial charge in [-0.1, -0.05) is 17.7 Å². The fourth-order valence-electron chi connectivity index (χ4n) is 4.46. The van der Waals surface area contributed by atoms with E-state index in [-0.39, 0.29) is 22.0 Å². The van der Waals surface area contributed by atoms with Gasteiger partial charge in [0.15, 0.2) is 9.84 Å². The number of sulfone groups is 1. The molecule has 1 heterocycles. The molecule has 0 bridgehead atoms. The zero-order valence-corrected chi connectivity index (χ0v) is 19.6. The number of aromatic hydroxyl groups is 1. The summed E-state index contributed by atoms with van der Waals surface area (Å²) in [5.74, 6) is -0.702. The molecule has 0 atom stereocenters. The summed E-state index contributed by atoms with van der Waals surface area (Å²) in [5.41, 5.74) is 0.422. The zero-order valence-electron chi connectivity index (χ0n) is 18.8. The van der Waals surface area contributed by atoms with Crippen molar-refractivity contribution in [1.82, 2.24) is 0 Å². The van der Waals surface area contributed by atoms with Gasteiger partial charge in [-0.15, -0.1) is 0 Å². The molecule has 0 spiro atoms. The maximum atomic E-state index is 12.9. The number of aryl methyl sites for hydroxylation is 3. The van der Waals surface area contributed by atoms with Crippen LogP contribution < -0.4 is 5.63 Å². The van der Waals surface area contributed by atoms with Crippen LogP contribution in [0.15, 0.2) is 56.6 Å². The van der Waals surface area contributed by atoms with Crippen molar-refractivity contribution in [1.29, 1.82) is 0 Å². The second-order valence-corrected chi connectivity index (χ2v) is 11.0. The van der Waals surface area contributed by atoms with Crippen LogP contribution in [0, 0.1) is 20.8 Å². The second-order valence-electron chi connectivity index (χ2n) is 8.99. The summed E-state index contributed by atoms with van der Waals surface area (Å²) in [6, 6.07) is 8.34. The van der Waals surface area contributed by atoms with Gasteiger partial charge in [-0.05, 0) is 74.6 Å². The van der Waals surface area contributed by atoms with Crippen LogP contribution in [0.3, 0.4) is 0 Å². The van der Waals surface area contributed by atoms with Crippen LogP contribution in [-0.4, -0.2) is 19.3 Å². The maximum absolute atomic E-state index is 12.9. The number of benzene rings is 2. The SMILES string of the molecule is Cc1cc(C)c(-c2c(O)cc(C3(CS(=O)(=O)c4ccc(C(F)(F)F)cc4)CC3)oc2=O)c(C)c1. The van der Waals surface area contributed by atoms with E-state index in [0.29, 0.717) is 18.4 Å². The summed E-state index contributed by atoms with van der Waals surface area (Å²) < 4.78 is 69.8. The topological polar surface area (TPSA) is 84.6 Å². The van der Waals surface area contributed by atoms with E-state index >= 15 is 0 Å². The Kier molecular flexibility index (Phi) is 5.67. The molecule has 1 aliphatic carbocycles. The third kappa shape index (κ3) is 4.36. The minimum atomic E-state index is -4.57. The average molecular weight is 493 g/mol. The van der Waals surface area contributed by atoms with Gasteiger partial charge in [-0.2, -0.15) is 13.2 Å². The third-order valence-electron chi connectivity index (χ3n) is 6.24. The molecule has 34 heavy (non-hydrogen) atoms. The van der Waals surface area contributed by atoms with Crippen LogP contribution in [0.2, 0.25) is 0 Å². The lowest BCUT2D eigenvalue weighted by Crippen LogP contribution is -2.23. The van der Waals surface area contributed by atoms with Gasteiger partial charge in [0.1, 0.15) is 17.1 Å². The summed E-state index contributed by atoms with van der Waals surface area (Å²) in [7, 11) is -3.98. The lowest BCUT2D eigenvalue weighted by Gasteiger charge is -2.17. The molecule has 0 unspecified atom stereocenters. The number of rotatable bonds is 5. The molecule has 9 heteroatoms. The molecule has 0 amide bonds. The first-order chi connectivity index (χ1) is 15.7. The Morgan fingerprint density at radius 3 is 2.00 bits per heavy atom. The fraction of sp³-hybridized carbons (Fsp3) is 0.320. The number of alkyl halides is 3. The Labute approximate surface area is 194 Å². The Morgan fingerprint density at radius 2 is 1.53 bits per heavy atom. The summed E-state index contributed by atoms with van der Waals surface area (Å²) >= 11 is 0. The van der Waals surface area contributed by atoms with Crippen LogP contribution in [-0.2, 0) is 21.4 Å². The van der Waals surface area contributed by atoms with Crippen LogP contribution in [0.1, 0.15) is 40.9 Å². The Morgan fingerprint density at radius 1 is 0.971 bits per heavy atom. The second kappa shape index (κ2) is 8.01. The maximum Gasteiger partial charge on any atom is 0.416 e. The molecule has 180 valence electrons. The van der Waals surface area contributed by atoms with Crippen molar-refractivity contribution < 1.29 is 31.1 Å². The van der Waals surface area contributed by atoms with E-state index in [2.05, 4.69) is 0 Å². The lowest BCUT2D eigenvalue weighted by atomic mass is 9.93. The number of halogens is 3. The van der Waals surface area contributed by atoms with Gasteiger partial charge in [0.25, 0.3) is 0 Å². The first-order valence-corrected chi connectivity index (χ1v) is 12.2. The van der Waals surface area contributed by atoms with Crippen molar-refractivity contribution in [3.8, 4) is 16.9 Å². The highest BCUT2D eigenvalue weighted by molar-refractivity contribution is 7.91. The minimum Gasteiger partial charge on any atom is -0.507 e. The minimum absolute atomic E-state index is 0.0140. The van der Waals surface area contributed by atoms with Crippen molar-refractivity contribution in [2.45, 2.75) is 50.1 Å². The van der Waals surface area contributed by atoms with E-state index in [1.807, 2.05) is 32.9 Å². The van der Waals surface area contributed by atoms with E-state index in [1.165, 1.54) is 6.07 Å². The molecule has 4 rings (SSSR count). The van der Waals surface area contributed by atoms with E-state index in [9.17, 15) is 31.5 Å². The summed E-state index contributed by atoms with van der Waals surface area (Å²) in [6.45, 7) is 5.56.